The maximum absolute atomic E-state index is 11.9. The molecule has 0 fully saturated rings. The van der Waals surface area contributed by atoms with E-state index in [0.29, 0.717) is 0 Å². The number of aromatic nitrogens is 2. The van der Waals surface area contributed by atoms with Gasteiger partial charge < -0.3 is 14.2 Å². The van der Waals surface area contributed by atoms with Gasteiger partial charge in [-0.1, -0.05) is 0 Å². The largest absolute Gasteiger partial charge is 0.481 e. The van der Waals surface area contributed by atoms with E-state index in [1.807, 2.05) is 0 Å². The molecule has 0 bridgehead atoms. The van der Waals surface area contributed by atoms with E-state index in [1.54, 1.807) is 0 Å². The number of hydrogen-bond acceptors (Lipinski definition) is 5. The lowest BCUT2D eigenvalue weighted by Gasteiger charge is -2.10. The van der Waals surface area contributed by atoms with Gasteiger partial charge in [-0.3, -0.25) is 0 Å². The molecule has 0 unspecified atom stereocenters. The van der Waals surface area contributed by atoms with Crippen molar-refractivity contribution >= 4 is 0 Å². The van der Waals surface area contributed by atoms with E-state index in [0.717, 1.165) is 0 Å². The summed E-state index contributed by atoms with van der Waals surface area (Å²) in [6, 6.07) is 0. The monoisotopic (exact) mass is 202 g/mol. The van der Waals surface area contributed by atoms with Gasteiger partial charge >= 0.3 is 0 Å². The SMILES string of the molecule is COc1ncnc(OC)c1OCCF. The van der Waals surface area contributed by atoms with Crippen molar-refractivity contribution in [2.75, 3.05) is 27.5 Å². The number of halogens is 1. The Hall–Kier alpha value is -1.59. The zero-order valence-electron chi connectivity index (χ0n) is 7.99. The van der Waals surface area contributed by atoms with Crippen molar-refractivity contribution in [3.63, 3.8) is 0 Å². The van der Waals surface area contributed by atoms with Crippen LogP contribution in [-0.2, 0) is 0 Å². The first kappa shape index (κ1) is 10.5. The highest BCUT2D eigenvalue weighted by atomic mass is 19.1. The summed E-state index contributed by atoms with van der Waals surface area (Å²) in [7, 11) is 2.87. The molecule has 14 heavy (non-hydrogen) atoms. The molecule has 0 radical (unpaired) electrons. The van der Waals surface area contributed by atoms with E-state index in [-0.39, 0.29) is 24.1 Å². The van der Waals surface area contributed by atoms with Crippen LogP contribution in [0.5, 0.6) is 17.5 Å². The van der Waals surface area contributed by atoms with Gasteiger partial charge in [0.05, 0.1) is 14.2 Å². The Morgan fingerprint density at radius 3 is 2.21 bits per heavy atom. The van der Waals surface area contributed by atoms with Gasteiger partial charge in [0.1, 0.15) is 19.6 Å². The summed E-state index contributed by atoms with van der Waals surface area (Å²) in [5, 5.41) is 0. The molecule has 0 saturated carbocycles. The Morgan fingerprint density at radius 2 is 1.79 bits per heavy atom. The molecule has 6 heteroatoms. The molecule has 0 atom stereocenters. The number of nitrogens with zero attached hydrogens (tertiary/aromatic N) is 2. The van der Waals surface area contributed by atoms with Crippen LogP contribution in [0.1, 0.15) is 0 Å². The first-order valence-corrected chi connectivity index (χ1v) is 3.95. The predicted octanol–water partition coefficient (Wildman–Crippen LogP) is 0.842. The van der Waals surface area contributed by atoms with Crippen molar-refractivity contribution in [2.24, 2.45) is 0 Å². The number of hydrogen-bond donors (Lipinski definition) is 0. The minimum Gasteiger partial charge on any atom is -0.481 e. The predicted molar refractivity (Wildman–Crippen MR) is 46.6 cm³/mol. The van der Waals surface area contributed by atoms with Gasteiger partial charge in [-0.15, -0.1) is 0 Å². The molecular weight excluding hydrogens is 191 g/mol. The fourth-order valence-corrected chi connectivity index (χ4v) is 0.897. The minimum atomic E-state index is -0.596. The van der Waals surface area contributed by atoms with Gasteiger partial charge in [0.2, 0.25) is 5.75 Å². The Labute approximate surface area is 80.8 Å². The summed E-state index contributed by atoms with van der Waals surface area (Å²) in [5.41, 5.74) is 0. The Bertz CT molecular complexity index is 274. The van der Waals surface area contributed by atoms with Crippen LogP contribution in [0.2, 0.25) is 0 Å². The third-order valence-electron chi connectivity index (χ3n) is 1.45. The van der Waals surface area contributed by atoms with E-state index >= 15 is 0 Å². The summed E-state index contributed by atoms with van der Waals surface area (Å²) in [4.78, 5) is 7.60. The third kappa shape index (κ3) is 2.21. The molecule has 0 aromatic carbocycles. The lowest BCUT2D eigenvalue weighted by atomic mass is 10.5. The number of methoxy groups -OCH3 is 2. The quantitative estimate of drug-likeness (QED) is 0.708. The second-order valence-corrected chi connectivity index (χ2v) is 2.26. The second kappa shape index (κ2) is 5.21. The highest BCUT2D eigenvalue weighted by Crippen LogP contribution is 2.32. The van der Waals surface area contributed by atoms with Gasteiger partial charge in [0, 0.05) is 0 Å². The van der Waals surface area contributed by atoms with Crippen LogP contribution >= 0.6 is 0 Å². The Morgan fingerprint density at radius 1 is 1.21 bits per heavy atom. The maximum Gasteiger partial charge on any atom is 0.264 e. The van der Waals surface area contributed by atoms with E-state index < -0.39 is 6.67 Å². The van der Waals surface area contributed by atoms with Crippen LogP contribution in [0.15, 0.2) is 6.33 Å². The Kier molecular flexibility index (Phi) is 3.90. The fourth-order valence-electron chi connectivity index (χ4n) is 0.897. The van der Waals surface area contributed by atoms with Crippen molar-refractivity contribution in [1.82, 2.24) is 9.97 Å². The van der Waals surface area contributed by atoms with Crippen LogP contribution in [0.3, 0.4) is 0 Å². The lowest BCUT2D eigenvalue weighted by Crippen LogP contribution is -2.04. The normalized spacial score (nSPS) is 9.64. The van der Waals surface area contributed by atoms with Gasteiger partial charge in [-0.2, -0.15) is 9.97 Å². The van der Waals surface area contributed by atoms with Crippen molar-refractivity contribution in [3.8, 4) is 17.5 Å². The second-order valence-electron chi connectivity index (χ2n) is 2.26. The lowest BCUT2D eigenvalue weighted by molar-refractivity contribution is 0.240. The standard InChI is InChI=1S/C8H11FN2O3/c1-12-7-6(14-4-3-9)8(13-2)11-5-10-7/h5H,3-4H2,1-2H3. The Balaban J connectivity index is 2.93. The zero-order chi connectivity index (χ0) is 10.4. The molecule has 0 N–H and O–H groups in total. The molecule has 1 rings (SSSR count). The molecule has 0 spiro atoms. The van der Waals surface area contributed by atoms with E-state index in [9.17, 15) is 4.39 Å². The topological polar surface area (TPSA) is 53.5 Å². The molecule has 0 aliphatic heterocycles. The smallest absolute Gasteiger partial charge is 0.264 e. The van der Waals surface area contributed by atoms with E-state index in [4.69, 9.17) is 14.2 Å². The van der Waals surface area contributed by atoms with Gasteiger partial charge in [-0.05, 0) is 0 Å². The highest BCUT2D eigenvalue weighted by molar-refractivity contribution is 5.41. The van der Waals surface area contributed by atoms with Crippen molar-refractivity contribution in [1.29, 1.82) is 0 Å². The average Bonchev–Trinajstić information content (AvgIpc) is 2.25. The van der Waals surface area contributed by atoms with Crippen molar-refractivity contribution in [3.05, 3.63) is 6.33 Å². The third-order valence-corrected chi connectivity index (χ3v) is 1.45. The summed E-state index contributed by atoms with van der Waals surface area (Å²) < 4.78 is 26.8. The molecule has 78 valence electrons. The molecule has 1 heterocycles. The zero-order valence-corrected chi connectivity index (χ0v) is 7.99. The number of rotatable bonds is 5. The average molecular weight is 202 g/mol. The molecule has 0 amide bonds. The first-order valence-electron chi connectivity index (χ1n) is 3.95. The first-order chi connectivity index (χ1) is 6.83. The molecular formula is C8H11FN2O3. The van der Waals surface area contributed by atoms with Crippen LogP contribution in [0.25, 0.3) is 0 Å². The summed E-state index contributed by atoms with van der Waals surface area (Å²) in [6.07, 6.45) is 1.28. The van der Waals surface area contributed by atoms with Gasteiger partial charge in [0.15, 0.2) is 0 Å². The molecule has 0 aliphatic rings. The summed E-state index contributed by atoms with van der Waals surface area (Å²) in [5.74, 6) is 0.672. The number of alkyl halides is 1. The molecule has 0 saturated heterocycles. The molecule has 0 aliphatic carbocycles. The van der Waals surface area contributed by atoms with Crippen LogP contribution in [0, 0.1) is 0 Å². The van der Waals surface area contributed by atoms with Crippen molar-refractivity contribution < 1.29 is 18.6 Å². The molecule has 1 aromatic heterocycles. The maximum atomic E-state index is 11.9. The van der Waals surface area contributed by atoms with Gasteiger partial charge in [0.25, 0.3) is 11.8 Å². The van der Waals surface area contributed by atoms with Gasteiger partial charge in [-0.25, -0.2) is 4.39 Å². The minimum absolute atomic E-state index is 0.0832. The summed E-state index contributed by atoms with van der Waals surface area (Å²) in [6.45, 7) is -0.679. The van der Waals surface area contributed by atoms with E-state index in [1.165, 1.54) is 20.5 Å². The fraction of sp³-hybridized carbons (Fsp3) is 0.500. The molecule has 5 nitrogen and oxygen atoms in total. The van der Waals surface area contributed by atoms with Crippen molar-refractivity contribution in [2.45, 2.75) is 0 Å². The van der Waals surface area contributed by atoms with Crippen LogP contribution in [-0.4, -0.2) is 37.5 Å². The van der Waals surface area contributed by atoms with Crippen LogP contribution < -0.4 is 14.2 Å². The highest BCUT2D eigenvalue weighted by Gasteiger charge is 2.13. The summed E-state index contributed by atoms with van der Waals surface area (Å²) >= 11 is 0. The van der Waals surface area contributed by atoms with E-state index in [2.05, 4.69) is 9.97 Å². The van der Waals surface area contributed by atoms with Crippen LogP contribution in [0.4, 0.5) is 4.39 Å². The number of ether oxygens (including phenoxy) is 3. The molecule has 1 aromatic rings.